The fourth-order valence-corrected chi connectivity index (χ4v) is 3.62. The normalized spacial score (nSPS) is 16.8. The summed E-state index contributed by atoms with van der Waals surface area (Å²) in [6.07, 6.45) is 8.06. The molecule has 1 saturated carbocycles. The molecule has 1 heteroatoms. The summed E-state index contributed by atoms with van der Waals surface area (Å²) in [4.78, 5) is 0. The highest BCUT2D eigenvalue weighted by Crippen LogP contribution is 2.33. The van der Waals surface area contributed by atoms with Crippen LogP contribution in [0.15, 0.2) is 48.5 Å². The number of rotatable bonds is 6. The van der Waals surface area contributed by atoms with Crippen molar-refractivity contribution < 1.29 is 4.74 Å². The highest BCUT2D eigenvalue weighted by atomic mass is 16.5. The Morgan fingerprint density at radius 1 is 0.917 bits per heavy atom. The zero-order valence-corrected chi connectivity index (χ0v) is 15.1. The molecule has 0 radical (unpaired) electrons. The van der Waals surface area contributed by atoms with Gasteiger partial charge in [-0.2, -0.15) is 0 Å². The molecule has 24 heavy (non-hydrogen) atoms. The lowest BCUT2D eigenvalue weighted by atomic mass is 9.84. The lowest BCUT2D eigenvalue weighted by Gasteiger charge is -2.22. The van der Waals surface area contributed by atoms with Gasteiger partial charge in [0.05, 0.1) is 0 Å². The average Bonchev–Trinajstić information content (AvgIpc) is 2.67. The standard InChI is InChI=1S/C23H30O/c1-3-18(2)20-11-9-19(10-12-20)17-24-23-15-13-22(14-16-23)21-7-5-4-6-8-21/h9-16,18,21H,3-8,17H2,1-2H3. The van der Waals surface area contributed by atoms with Gasteiger partial charge in [0.1, 0.15) is 12.4 Å². The van der Waals surface area contributed by atoms with Crippen LogP contribution in [0.2, 0.25) is 0 Å². The lowest BCUT2D eigenvalue weighted by molar-refractivity contribution is 0.306. The van der Waals surface area contributed by atoms with E-state index >= 15 is 0 Å². The molecule has 0 amide bonds. The van der Waals surface area contributed by atoms with E-state index in [0.717, 1.165) is 11.7 Å². The second-order valence-electron chi connectivity index (χ2n) is 7.24. The quantitative estimate of drug-likeness (QED) is 0.566. The smallest absolute Gasteiger partial charge is 0.119 e. The van der Waals surface area contributed by atoms with Crippen molar-refractivity contribution in [1.82, 2.24) is 0 Å². The molecule has 1 aliphatic rings. The van der Waals surface area contributed by atoms with Crippen molar-refractivity contribution in [2.45, 2.75) is 70.8 Å². The molecular formula is C23H30O. The van der Waals surface area contributed by atoms with Crippen LogP contribution in [-0.2, 0) is 6.61 Å². The lowest BCUT2D eigenvalue weighted by Crippen LogP contribution is -2.04. The van der Waals surface area contributed by atoms with Crippen LogP contribution < -0.4 is 4.74 Å². The van der Waals surface area contributed by atoms with E-state index in [2.05, 4.69) is 62.4 Å². The summed E-state index contributed by atoms with van der Waals surface area (Å²) in [7, 11) is 0. The van der Waals surface area contributed by atoms with Crippen LogP contribution in [0, 0.1) is 0 Å². The maximum absolute atomic E-state index is 5.96. The molecule has 2 aromatic rings. The largest absolute Gasteiger partial charge is 0.489 e. The molecule has 3 rings (SSSR count). The summed E-state index contributed by atoms with van der Waals surface area (Å²) in [6.45, 7) is 5.15. The van der Waals surface area contributed by atoms with Crippen molar-refractivity contribution in [1.29, 1.82) is 0 Å². The molecule has 0 saturated heterocycles. The van der Waals surface area contributed by atoms with E-state index in [4.69, 9.17) is 4.74 Å². The van der Waals surface area contributed by atoms with Crippen molar-refractivity contribution >= 4 is 0 Å². The molecule has 0 aliphatic heterocycles. The van der Waals surface area contributed by atoms with Gasteiger partial charge in [-0.25, -0.2) is 0 Å². The number of benzene rings is 2. The molecule has 0 heterocycles. The number of ether oxygens (including phenoxy) is 1. The molecule has 1 fully saturated rings. The van der Waals surface area contributed by atoms with Crippen molar-refractivity contribution in [3.8, 4) is 5.75 Å². The first kappa shape index (κ1) is 17.1. The maximum atomic E-state index is 5.96. The maximum Gasteiger partial charge on any atom is 0.119 e. The SMILES string of the molecule is CCC(C)c1ccc(COc2ccc(C3CCCCC3)cc2)cc1. The van der Waals surface area contributed by atoms with Gasteiger partial charge >= 0.3 is 0 Å². The molecule has 0 aromatic heterocycles. The van der Waals surface area contributed by atoms with E-state index in [1.807, 2.05) is 0 Å². The zero-order valence-electron chi connectivity index (χ0n) is 15.1. The van der Waals surface area contributed by atoms with E-state index in [1.165, 1.54) is 55.2 Å². The third-order valence-electron chi connectivity index (χ3n) is 5.52. The van der Waals surface area contributed by atoms with Crippen LogP contribution in [0.4, 0.5) is 0 Å². The summed E-state index contributed by atoms with van der Waals surface area (Å²) < 4.78 is 5.96. The van der Waals surface area contributed by atoms with Gasteiger partial charge in [0.15, 0.2) is 0 Å². The Labute approximate surface area is 147 Å². The summed E-state index contributed by atoms with van der Waals surface area (Å²) >= 11 is 0. The van der Waals surface area contributed by atoms with Gasteiger partial charge in [-0.05, 0) is 59.9 Å². The highest BCUT2D eigenvalue weighted by Gasteiger charge is 2.15. The Morgan fingerprint density at radius 2 is 1.58 bits per heavy atom. The van der Waals surface area contributed by atoms with Crippen LogP contribution in [-0.4, -0.2) is 0 Å². The van der Waals surface area contributed by atoms with Crippen LogP contribution in [0.5, 0.6) is 5.75 Å². The zero-order chi connectivity index (χ0) is 16.8. The fraction of sp³-hybridized carbons (Fsp3) is 0.478. The first-order valence-electron chi connectivity index (χ1n) is 9.58. The van der Waals surface area contributed by atoms with Crippen molar-refractivity contribution in [3.63, 3.8) is 0 Å². The third-order valence-corrected chi connectivity index (χ3v) is 5.52. The topological polar surface area (TPSA) is 9.23 Å². The second-order valence-corrected chi connectivity index (χ2v) is 7.24. The second kappa shape index (κ2) is 8.37. The Balaban J connectivity index is 1.54. The Hall–Kier alpha value is -1.76. The number of hydrogen-bond acceptors (Lipinski definition) is 1. The van der Waals surface area contributed by atoms with Gasteiger partial charge < -0.3 is 4.74 Å². The summed E-state index contributed by atoms with van der Waals surface area (Å²) in [6, 6.07) is 17.7. The third kappa shape index (κ3) is 4.41. The first-order valence-corrected chi connectivity index (χ1v) is 9.58. The van der Waals surface area contributed by atoms with Crippen LogP contribution in [0.25, 0.3) is 0 Å². The van der Waals surface area contributed by atoms with Crippen LogP contribution in [0.3, 0.4) is 0 Å². The minimum absolute atomic E-state index is 0.632. The molecule has 128 valence electrons. The van der Waals surface area contributed by atoms with Crippen molar-refractivity contribution in [3.05, 3.63) is 65.2 Å². The molecule has 0 spiro atoms. The van der Waals surface area contributed by atoms with Gasteiger partial charge in [0.25, 0.3) is 0 Å². The highest BCUT2D eigenvalue weighted by molar-refractivity contribution is 5.30. The number of hydrogen-bond donors (Lipinski definition) is 0. The Bertz CT molecular complexity index is 605. The van der Waals surface area contributed by atoms with Gasteiger partial charge in [-0.3, -0.25) is 0 Å². The van der Waals surface area contributed by atoms with Gasteiger partial charge in [0.2, 0.25) is 0 Å². The minimum Gasteiger partial charge on any atom is -0.489 e. The molecule has 1 aliphatic carbocycles. The van der Waals surface area contributed by atoms with Crippen LogP contribution in [0.1, 0.15) is 80.9 Å². The minimum atomic E-state index is 0.632. The van der Waals surface area contributed by atoms with E-state index in [-0.39, 0.29) is 0 Å². The van der Waals surface area contributed by atoms with Crippen LogP contribution >= 0.6 is 0 Å². The Kier molecular flexibility index (Phi) is 5.96. The average molecular weight is 322 g/mol. The summed E-state index contributed by atoms with van der Waals surface area (Å²) in [5, 5.41) is 0. The molecule has 0 bridgehead atoms. The van der Waals surface area contributed by atoms with E-state index in [9.17, 15) is 0 Å². The molecule has 0 N–H and O–H groups in total. The molecule has 1 atom stereocenters. The predicted molar refractivity (Wildman–Crippen MR) is 102 cm³/mol. The van der Waals surface area contributed by atoms with Gasteiger partial charge in [0, 0.05) is 0 Å². The van der Waals surface area contributed by atoms with Crippen molar-refractivity contribution in [2.75, 3.05) is 0 Å². The van der Waals surface area contributed by atoms with E-state index in [0.29, 0.717) is 12.5 Å². The van der Waals surface area contributed by atoms with Crippen molar-refractivity contribution in [2.24, 2.45) is 0 Å². The molecule has 2 aromatic carbocycles. The summed E-state index contributed by atoms with van der Waals surface area (Å²) in [5.41, 5.74) is 4.14. The van der Waals surface area contributed by atoms with E-state index < -0.39 is 0 Å². The van der Waals surface area contributed by atoms with Gasteiger partial charge in [-0.15, -0.1) is 0 Å². The van der Waals surface area contributed by atoms with E-state index in [1.54, 1.807) is 0 Å². The predicted octanol–water partition coefficient (Wildman–Crippen LogP) is 6.83. The first-order chi connectivity index (χ1) is 11.8. The fourth-order valence-electron chi connectivity index (χ4n) is 3.62. The Morgan fingerprint density at radius 3 is 2.21 bits per heavy atom. The van der Waals surface area contributed by atoms with Gasteiger partial charge in [-0.1, -0.05) is 69.5 Å². The monoisotopic (exact) mass is 322 g/mol. The molecule has 1 nitrogen and oxygen atoms in total. The summed E-state index contributed by atoms with van der Waals surface area (Å²) in [5.74, 6) is 2.37. The molecular weight excluding hydrogens is 292 g/mol. The molecule has 1 unspecified atom stereocenters.